The second-order valence-corrected chi connectivity index (χ2v) is 4.08. The zero-order valence-corrected chi connectivity index (χ0v) is 9.68. The Hall–Kier alpha value is -1.64. The van der Waals surface area contributed by atoms with E-state index in [9.17, 15) is 4.79 Å². The molecule has 1 atom stereocenters. The maximum Gasteiger partial charge on any atom is 0.185 e. The third kappa shape index (κ3) is 1.73. The zero-order chi connectivity index (χ0) is 11.5. The highest BCUT2D eigenvalue weighted by Crippen LogP contribution is 2.22. The van der Waals surface area contributed by atoms with Crippen LogP contribution < -0.4 is 0 Å². The molecule has 0 saturated heterocycles. The van der Waals surface area contributed by atoms with Crippen LogP contribution in [0.1, 0.15) is 43.3 Å². The summed E-state index contributed by atoms with van der Waals surface area (Å²) in [5.74, 6) is 0.530. The van der Waals surface area contributed by atoms with E-state index >= 15 is 0 Å². The Kier molecular flexibility index (Phi) is 3.04. The van der Waals surface area contributed by atoms with Crippen LogP contribution in [0.3, 0.4) is 0 Å². The lowest BCUT2D eigenvalue weighted by Crippen LogP contribution is -2.08. The van der Waals surface area contributed by atoms with Gasteiger partial charge in [-0.3, -0.25) is 4.79 Å². The van der Waals surface area contributed by atoms with Crippen molar-refractivity contribution in [1.29, 1.82) is 0 Å². The Morgan fingerprint density at radius 3 is 2.88 bits per heavy atom. The molecule has 2 rings (SSSR count). The number of carbonyl (C=O) groups excluding carboxylic acids is 1. The molecule has 0 spiro atoms. The molecule has 0 aliphatic heterocycles. The zero-order valence-electron chi connectivity index (χ0n) is 9.68. The van der Waals surface area contributed by atoms with Crippen molar-refractivity contribution < 1.29 is 4.79 Å². The first kappa shape index (κ1) is 10.9. The lowest BCUT2D eigenvalue weighted by molar-refractivity contribution is 0.111. The first-order valence-electron chi connectivity index (χ1n) is 5.70. The number of hydrogen-bond acceptors (Lipinski definition) is 2. The average Bonchev–Trinajstić information content (AvgIpc) is 2.67. The van der Waals surface area contributed by atoms with Gasteiger partial charge in [-0.15, -0.1) is 0 Å². The van der Waals surface area contributed by atoms with E-state index in [0.717, 1.165) is 30.2 Å². The molecule has 0 radical (unpaired) electrons. The van der Waals surface area contributed by atoms with Gasteiger partial charge in [-0.1, -0.05) is 25.5 Å². The Labute approximate surface area is 95.1 Å². The highest BCUT2D eigenvalue weighted by Gasteiger charge is 2.13. The Balaban J connectivity index is 2.59. The second kappa shape index (κ2) is 4.47. The molecule has 2 aromatic rings. The smallest absolute Gasteiger partial charge is 0.185 e. The summed E-state index contributed by atoms with van der Waals surface area (Å²) < 4.78 is 2.03. The highest BCUT2D eigenvalue weighted by molar-refractivity contribution is 5.83. The van der Waals surface area contributed by atoms with Crippen LogP contribution in [0.2, 0.25) is 0 Å². The number of benzene rings is 1. The van der Waals surface area contributed by atoms with Gasteiger partial charge in [0, 0.05) is 6.04 Å². The molecular weight excluding hydrogens is 200 g/mol. The number of aromatic nitrogens is 2. The fourth-order valence-electron chi connectivity index (χ4n) is 2.16. The van der Waals surface area contributed by atoms with E-state index in [0.29, 0.717) is 11.9 Å². The normalized spacial score (nSPS) is 12.9. The third-order valence-corrected chi connectivity index (χ3v) is 2.88. The number of nitrogens with zero attached hydrogens (tertiary/aromatic N) is 2. The van der Waals surface area contributed by atoms with Crippen LogP contribution in [0.4, 0.5) is 0 Å². The Morgan fingerprint density at radius 1 is 1.44 bits per heavy atom. The first-order chi connectivity index (χ1) is 7.77. The predicted octanol–water partition coefficient (Wildman–Crippen LogP) is 3.21. The number of rotatable bonds is 4. The molecule has 1 aromatic heterocycles. The van der Waals surface area contributed by atoms with E-state index < -0.39 is 0 Å². The van der Waals surface area contributed by atoms with Crippen LogP contribution in [-0.2, 0) is 0 Å². The molecule has 0 bridgehead atoms. The minimum absolute atomic E-state index is 0.317. The molecule has 0 fully saturated rings. The molecule has 0 saturated carbocycles. The predicted molar refractivity (Wildman–Crippen MR) is 64.7 cm³/mol. The standard InChI is InChI=1S/C13H16N2O/c1-3-6-10(2)15-12-8-5-4-7-11(12)14-13(15)9-16/h4-5,7-10H,3,6H2,1-2H3. The van der Waals surface area contributed by atoms with Gasteiger partial charge >= 0.3 is 0 Å². The van der Waals surface area contributed by atoms with Gasteiger partial charge in [0.25, 0.3) is 0 Å². The molecule has 1 unspecified atom stereocenters. The van der Waals surface area contributed by atoms with Crippen LogP contribution in [0.15, 0.2) is 24.3 Å². The van der Waals surface area contributed by atoms with Gasteiger partial charge in [0.2, 0.25) is 0 Å². The van der Waals surface area contributed by atoms with Gasteiger partial charge in [-0.2, -0.15) is 0 Å². The largest absolute Gasteiger partial charge is 0.319 e. The lowest BCUT2D eigenvalue weighted by Gasteiger charge is -2.14. The van der Waals surface area contributed by atoms with Gasteiger partial charge in [0.15, 0.2) is 12.1 Å². The summed E-state index contributed by atoms with van der Waals surface area (Å²) in [6.45, 7) is 4.28. The summed E-state index contributed by atoms with van der Waals surface area (Å²) in [7, 11) is 0. The SMILES string of the molecule is CCCC(C)n1c(C=O)nc2ccccc21. The summed E-state index contributed by atoms with van der Waals surface area (Å²) >= 11 is 0. The van der Waals surface area contributed by atoms with Crippen LogP contribution >= 0.6 is 0 Å². The average molecular weight is 216 g/mol. The van der Waals surface area contributed by atoms with Crippen molar-refractivity contribution in [3.8, 4) is 0 Å². The molecule has 1 heterocycles. The summed E-state index contributed by atoms with van der Waals surface area (Å²) in [6, 6.07) is 8.20. The summed E-state index contributed by atoms with van der Waals surface area (Å²) in [4.78, 5) is 15.4. The number of carbonyl (C=O) groups is 1. The fourth-order valence-corrected chi connectivity index (χ4v) is 2.16. The minimum Gasteiger partial charge on any atom is -0.319 e. The van der Waals surface area contributed by atoms with E-state index in [1.807, 2.05) is 28.8 Å². The molecule has 0 aliphatic rings. The van der Waals surface area contributed by atoms with Crippen molar-refractivity contribution in [3.05, 3.63) is 30.1 Å². The Bertz CT molecular complexity index is 502. The maximum absolute atomic E-state index is 11.0. The van der Waals surface area contributed by atoms with Gasteiger partial charge in [-0.25, -0.2) is 4.98 Å². The van der Waals surface area contributed by atoms with E-state index in [4.69, 9.17) is 0 Å². The van der Waals surface area contributed by atoms with Gasteiger partial charge in [-0.05, 0) is 25.5 Å². The van der Waals surface area contributed by atoms with Crippen molar-refractivity contribution in [2.45, 2.75) is 32.7 Å². The molecule has 3 nitrogen and oxygen atoms in total. The summed E-state index contributed by atoms with van der Waals surface area (Å²) in [5.41, 5.74) is 1.94. The Morgan fingerprint density at radius 2 is 2.19 bits per heavy atom. The summed E-state index contributed by atoms with van der Waals surface area (Å²) in [5, 5.41) is 0. The van der Waals surface area contributed by atoms with Crippen LogP contribution in [0, 0.1) is 0 Å². The monoisotopic (exact) mass is 216 g/mol. The summed E-state index contributed by atoms with van der Waals surface area (Å²) in [6.07, 6.45) is 3.00. The van der Waals surface area contributed by atoms with Gasteiger partial charge in [0.1, 0.15) is 0 Å². The van der Waals surface area contributed by atoms with Crippen LogP contribution in [0.25, 0.3) is 11.0 Å². The fraction of sp³-hybridized carbons (Fsp3) is 0.385. The number of aldehydes is 1. The number of fused-ring (bicyclic) bond motifs is 1. The van der Waals surface area contributed by atoms with Crippen molar-refractivity contribution in [2.24, 2.45) is 0 Å². The number of hydrogen-bond donors (Lipinski definition) is 0. The lowest BCUT2D eigenvalue weighted by atomic mass is 10.2. The maximum atomic E-state index is 11.0. The van der Waals surface area contributed by atoms with Crippen LogP contribution in [-0.4, -0.2) is 15.8 Å². The van der Waals surface area contributed by atoms with Crippen molar-refractivity contribution in [1.82, 2.24) is 9.55 Å². The van der Waals surface area contributed by atoms with Crippen molar-refractivity contribution in [3.63, 3.8) is 0 Å². The topological polar surface area (TPSA) is 34.9 Å². The molecule has 0 N–H and O–H groups in total. The van der Waals surface area contributed by atoms with Crippen molar-refractivity contribution in [2.75, 3.05) is 0 Å². The number of imidazole rings is 1. The van der Waals surface area contributed by atoms with E-state index in [1.54, 1.807) is 0 Å². The van der Waals surface area contributed by atoms with E-state index in [-0.39, 0.29) is 0 Å². The van der Waals surface area contributed by atoms with E-state index in [2.05, 4.69) is 18.8 Å². The van der Waals surface area contributed by atoms with Gasteiger partial charge < -0.3 is 4.57 Å². The molecule has 84 valence electrons. The highest BCUT2D eigenvalue weighted by atomic mass is 16.1. The molecule has 0 aliphatic carbocycles. The quantitative estimate of drug-likeness (QED) is 0.735. The second-order valence-electron chi connectivity index (χ2n) is 4.08. The molecular formula is C13H16N2O. The molecule has 3 heteroatoms. The molecule has 16 heavy (non-hydrogen) atoms. The van der Waals surface area contributed by atoms with Crippen LogP contribution in [0.5, 0.6) is 0 Å². The first-order valence-corrected chi connectivity index (χ1v) is 5.70. The van der Waals surface area contributed by atoms with E-state index in [1.165, 1.54) is 0 Å². The van der Waals surface area contributed by atoms with Gasteiger partial charge in [0.05, 0.1) is 11.0 Å². The van der Waals surface area contributed by atoms with Crippen molar-refractivity contribution >= 4 is 17.3 Å². The minimum atomic E-state index is 0.317. The number of para-hydroxylation sites is 2. The third-order valence-electron chi connectivity index (χ3n) is 2.88. The molecule has 0 amide bonds. The molecule has 1 aromatic carbocycles.